The van der Waals surface area contributed by atoms with Crippen molar-refractivity contribution in [2.75, 3.05) is 0 Å². The first-order chi connectivity index (χ1) is 20.6. The van der Waals surface area contributed by atoms with E-state index < -0.39 is 8.07 Å². The van der Waals surface area contributed by atoms with Gasteiger partial charge in [-0.15, -0.1) is 71.8 Å². The standard InChI is InChI=1S/C25H25N2.C14H16NSi.Ir/c1-17(2)20-13-10-14-21(18(3)4)24(20)27-23-16-9-8-15-22(23)26-25(27)19-11-6-5-7-12-19;1-16(2,3)13-9-10-14(15-11-13)12-7-5-4-6-8-12;/h5-11,13-18H,1-4H3;4-7,9-11H,1-3H3;/q2*-1;. The van der Waals surface area contributed by atoms with Crippen molar-refractivity contribution in [3.8, 4) is 28.3 Å². The van der Waals surface area contributed by atoms with Crippen LogP contribution in [0, 0.1) is 12.1 Å². The van der Waals surface area contributed by atoms with Gasteiger partial charge in [0.05, 0.1) is 24.9 Å². The van der Waals surface area contributed by atoms with E-state index in [0.29, 0.717) is 11.8 Å². The van der Waals surface area contributed by atoms with Crippen LogP contribution in [0.5, 0.6) is 0 Å². The third-order valence-corrected chi connectivity index (χ3v) is 9.72. The molecule has 5 heteroatoms. The normalized spacial score (nSPS) is 11.3. The Morgan fingerprint density at radius 1 is 0.659 bits per heavy atom. The first-order valence-corrected chi connectivity index (χ1v) is 18.7. The van der Waals surface area contributed by atoms with E-state index in [1.165, 1.54) is 22.0 Å². The molecule has 0 N–H and O–H groups in total. The van der Waals surface area contributed by atoms with Gasteiger partial charge in [-0.1, -0.05) is 89.8 Å². The van der Waals surface area contributed by atoms with Gasteiger partial charge in [-0.2, -0.15) is 0 Å². The second kappa shape index (κ2) is 14.4. The zero-order valence-electron chi connectivity index (χ0n) is 26.7. The smallest absolute Gasteiger partial charge is 0.0795 e. The number of imidazole rings is 1. The molecule has 2 aromatic heterocycles. The fourth-order valence-corrected chi connectivity index (χ4v) is 6.32. The van der Waals surface area contributed by atoms with Gasteiger partial charge in [0.25, 0.3) is 0 Å². The monoisotopic (exact) mass is 772 g/mol. The molecule has 0 aliphatic heterocycles. The molecule has 0 aliphatic rings. The third kappa shape index (κ3) is 7.35. The van der Waals surface area contributed by atoms with Gasteiger partial charge in [0.15, 0.2) is 0 Å². The molecule has 227 valence electrons. The SMILES string of the molecule is CC(C)c1cccc(C(C)C)c1-n1c(-c2[c-]cccc2)nc2ccccc21.C[Si](C)(C)c1ccc(-c2[c-]cccc2)nc1.[Ir]. The molecule has 0 saturated heterocycles. The van der Waals surface area contributed by atoms with Gasteiger partial charge in [0.1, 0.15) is 0 Å². The van der Waals surface area contributed by atoms with Crippen molar-refractivity contribution < 1.29 is 20.1 Å². The Bertz CT molecular complexity index is 1760. The topological polar surface area (TPSA) is 30.7 Å². The Morgan fingerprint density at radius 3 is 1.77 bits per heavy atom. The van der Waals surface area contributed by atoms with Crippen molar-refractivity contribution in [3.05, 3.63) is 133 Å². The summed E-state index contributed by atoms with van der Waals surface area (Å²) in [5, 5.41) is 1.40. The third-order valence-electron chi connectivity index (χ3n) is 7.69. The van der Waals surface area contributed by atoms with Gasteiger partial charge in [0, 0.05) is 32.0 Å². The maximum Gasteiger partial charge on any atom is 0.0795 e. The second-order valence-electron chi connectivity index (χ2n) is 12.6. The molecule has 6 rings (SSSR count). The zero-order valence-corrected chi connectivity index (χ0v) is 30.1. The number of hydrogen-bond donors (Lipinski definition) is 0. The van der Waals surface area contributed by atoms with Crippen LogP contribution in [0.15, 0.2) is 109 Å². The molecular weight excluding hydrogens is 731 g/mol. The predicted molar refractivity (Wildman–Crippen MR) is 185 cm³/mol. The molecule has 0 fully saturated rings. The number of para-hydroxylation sites is 3. The van der Waals surface area contributed by atoms with Crippen LogP contribution in [-0.4, -0.2) is 22.6 Å². The van der Waals surface area contributed by atoms with E-state index in [0.717, 1.165) is 33.7 Å². The molecular formula is C39H41IrN3Si-2. The van der Waals surface area contributed by atoms with Gasteiger partial charge >= 0.3 is 0 Å². The van der Waals surface area contributed by atoms with Crippen LogP contribution in [0.3, 0.4) is 0 Å². The summed E-state index contributed by atoms with van der Waals surface area (Å²) < 4.78 is 2.34. The average molecular weight is 772 g/mol. The quantitative estimate of drug-likeness (QED) is 0.125. The van der Waals surface area contributed by atoms with E-state index >= 15 is 0 Å². The molecule has 0 spiro atoms. The van der Waals surface area contributed by atoms with Crippen LogP contribution in [0.2, 0.25) is 19.6 Å². The molecule has 0 aliphatic carbocycles. The molecule has 2 heterocycles. The maximum absolute atomic E-state index is 4.99. The van der Waals surface area contributed by atoms with Crippen molar-refractivity contribution in [2.24, 2.45) is 0 Å². The Kier molecular flexibility index (Phi) is 10.9. The zero-order chi connectivity index (χ0) is 30.6. The van der Waals surface area contributed by atoms with Crippen LogP contribution in [0.4, 0.5) is 0 Å². The molecule has 44 heavy (non-hydrogen) atoms. The summed E-state index contributed by atoms with van der Waals surface area (Å²) in [5.41, 5.74) is 9.19. The molecule has 0 amide bonds. The molecule has 4 aromatic carbocycles. The summed E-state index contributed by atoms with van der Waals surface area (Å²) in [7, 11) is -1.23. The summed E-state index contributed by atoms with van der Waals surface area (Å²) in [5.74, 6) is 1.80. The van der Waals surface area contributed by atoms with Crippen LogP contribution in [-0.2, 0) is 20.1 Å². The number of aromatic nitrogens is 3. The fourth-order valence-electron chi connectivity index (χ4n) is 5.28. The summed E-state index contributed by atoms with van der Waals surface area (Å²) in [6.45, 7) is 16.0. The Hall–Kier alpha value is -3.63. The van der Waals surface area contributed by atoms with Crippen LogP contribution in [0.25, 0.3) is 39.4 Å². The molecule has 1 radical (unpaired) electrons. The number of fused-ring (bicyclic) bond motifs is 1. The van der Waals surface area contributed by atoms with Crippen LogP contribution in [0.1, 0.15) is 50.7 Å². The first kappa shape index (κ1) is 33.3. The van der Waals surface area contributed by atoms with E-state index in [9.17, 15) is 0 Å². The van der Waals surface area contributed by atoms with Crippen molar-refractivity contribution in [3.63, 3.8) is 0 Å². The minimum atomic E-state index is -1.23. The van der Waals surface area contributed by atoms with E-state index in [1.54, 1.807) is 0 Å². The summed E-state index contributed by atoms with van der Waals surface area (Å²) in [6, 6.07) is 42.0. The minimum Gasteiger partial charge on any atom is -0.333 e. The maximum atomic E-state index is 4.99. The molecule has 6 aromatic rings. The van der Waals surface area contributed by atoms with Crippen molar-refractivity contribution in [2.45, 2.75) is 59.2 Å². The van der Waals surface area contributed by atoms with Gasteiger partial charge in [-0.25, -0.2) is 0 Å². The van der Waals surface area contributed by atoms with E-state index in [1.807, 2.05) is 48.7 Å². The van der Waals surface area contributed by atoms with Crippen LogP contribution >= 0.6 is 0 Å². The number of benzene rings is 4. The Balaban J connectivity index is 0.000000223. The molecule has 3 nitrogen and oxygen atoms in total. The number of hydrogen-bond acceptors (Lipinski definition) is 2. The van der Waals surface area contributed by atoms with Gasteiger partial charge in [0.2, 0.25) is 0 Å². The largest absolute Gasteiger partial charge is 0.333 e. The number of nitrogens with zero attached hydrogens (tertiary/aromatic N) is 3. The minimum absolute atomic E-state index is 0. The fraction of sp³-hybridized carbons (Fsp3) is 0.231. The summed E-state index contributed by atoms with van der Waals surface area (Å²) >= 11 is 0. The first-order valence-electron chi connectivity index (χ1n) is 15.2. The van der Waals surface area contributed by atoms with Gasteiger partial charge < -0.3 is 9.55 Å². The Labute approximate surface area is 277 Å². The average Bonchev–Trinajstić information content (AvgIpc) is 3.41. The van der Waals surface area contributed by atoms with Crippen molar-refractivity contribution in [1.29, 1.82) is 0 Å². The Morgan fingerprint density at radius 2 is 1.25 bits per heavy atom. The molecule has 0 bridgehead atoms. The van der Waals surface area contributed by atoms with Crippen molar-refractivity contribution >= 4 is 24.3 Å². The summed E-state index contributed by atoms with van der Waals surface area (Å²) in [6.07, 6.45) is 2.02. The molecule has 0 atom stereocenters. The van der Waals surface area contributed by atoms with E-state index in [2.05, 4.69) is 130 Å². The van der Waals surface area contributed by atoms with E-state index in [4.69, 9.17) is 4.98 Å². The van der Waals surface area contributed by atoms with Crippen molar-refractivity contribution in [1.82, 2.24) is 14.5 Å². The molecule has 0 unspecified atom stereocenters. The predicted octanol–water partition coefficient (Wildman–Crippen LogP) is 9.83. The van der Waals surface area contributed by atoms with E-state index in [-0.39, 0.29) is 20.1 Å². The number of pyridine rings is 1. The number of rotatable bonds is 6. The summed E-state index contributed by atoms with van der Waals surface area (Å²) in [4.78, 5) is 9.51. The molecule has 0 saturated carbocycles. The second-order valence-corrected chi connectivity index (χ2v) is 17.7. The van der Waals surface area contributed by atoms with Gasteiger partial charge in [-0.05, 0) is 46.0 Å². The van der Waals surface area contributed by atoms with Crippen LogP contribution < -0.4 is 5.19 Å². The van der Waals surface area contributed by atoms with Gasteiger partial charge in [-0.3, -0.25) is 4.98 Å².